The van der Waals surface area contributed by atoms with Crippen LogP contribution in [0.5, 0.6) is 0 Å². The zero-order chi connectivity index (χ0) is 25.4. The standard InChI is InChI=1S/C28H26F3N5O/c1-17-8-11-36-22(17)16-32-26(33-36)35-12-9-27(10-13-35)14-19(15-27)23-24(34-37-25(23)18-6-7-18)20-4-2-3-5-21(20)28(29,30)31/h2-5,8,11,14,16,18H,6-7,9-10,12-13,15H2,1H3. The molecule has 2 fully saturated rings. The summed E-state index contributed by atoms with van der Waals surface area (Å²) in [6.07, 6.45) is 6.31. The third kappa shape index (κ3) is 3.74. The van der Waals surface area contributed by atoms with Gasteiger partial charge >= 0.3 is 6.18 Å². The van der Waals surface area contributed by atoms with Crippen molar-refractivity contribution in [1.29, 1.82) is 0 Å². The highest BCUT2D eigenvalue weighted by Crippen LogP contribution is 2.56. The second-order valence-electron chi connectivity index (χ2n) is 10.7. The summed E-state index contributed by atoms with van der Waals surface area (Å²) < 4.78 is 49.0. The van der Waals surface area contributed by atoms with Crippen LogP contribution in [-0.2, 0) is 6.18 Å². The number of aromatic nitrogens is 4. The van der Waals surface area contributed by atoms with Crippen LogP contribution in [0.3, 0.4) is 0 Å². The van der Waals surface area contributed by atoms with Crippen molar-refractivity contribution in [3.05, 3.63) is 71.3 Å². The second kappa shape index (κ2) is 7.94. The molecule has 6 nitrogen and oxygen atoms in total. The Morgan fingerprint density at radius 2 is 1.84 bits per heavy atom. The van der Waals surface area contributed by atoms with Gasteiger partial charge in [0.15, 0.2) is 0 Å². The van der Waals surface area contributed by atoms with E-state index in [2.05, 4.69) is 26.2 Å². The minimum atomic E-state index is -4.46. The molecule has 3 aliphatic rings. The molecule has 190 valence electrons. The number of aryl methyl sites for hydroxylation is 1. The van der Waals surface area contributed by atoms with Crippen molar-refractivity contribution in [3.8, 4) is 11.3 Å². The summed E-state index contributed by atoms with van der Waals surface area (Å²) in [6.45, 7) is 3.71. The van der Waals surface area contributed by atoms with E-state index in [9.17, 15) is 13.2 Å². The Kier molecular flexibility index (Phi) is 4.84. The summed E-state index contributed by atoms with van der Waals surface area (Å²) in [5, 5.41) is 8.88. The molecule has 3 aromatic heterocycles. The average Bonchev–Trinajstić information content (AvgIpc) is 3.52. The van der Waals surface area contributed by atoms with E-state index in [0.717, 1.165) is 85.2 Å². The molecule has 7 rings (SSSR count). The fourth-order valence-corrected chi connectivity index (χ4v) is 5.87. The lowest BCUT2D eigenvalue weighted by atomic mass is 9.63. The summed E-state index contributed by atoms with van der Waals surface area (Å²) in [7, 11) is 0. The number of piperidine rings is 1. The topological polar surface area (TPSA) is 59.5 Å². The molecule has 4 heterocycles. The van der Waals surface area contributed by atoms with Gasteiger partial charge in [-0.1, -0.05) is 29.4 Å². The Morgan fingerprint density at radius 3 is 2.57 bits per heavy atom. The maximum atomic E-state index is 13.8. The SMILES string of the molecule is Cc1ccn2nc(N3CCC4(C=C(c5c(-c6ccccc6C(F)(F)F)noc5C5CC5)C4)CC3)ncc12. The van der Waals surface area contributed by atoms with Crippen LogP contribution in [0.25, 0.3) is 22.3 Å². The Balaban J connectivity index is 1.16. The number of anilines is 1. The zero-order valence-corrected chi connectivity index (χ0v) is 20.4. The zero-order valence-electron chi connectivity index (χ0n) is 20.4. The first-order valence-electron chi connectivity index (χ1n) is 12.8. The molecule has 0 atom stereocenters. The first-order chi connectivity index (χ1) is 17.8. The number of hydrogen-bond acceptors (Lipinski definition) is 5. The number of fused-ring (bicyclic) bond motifs is 1. The van der Waals surface area contributed by atoms with Gasteiger partial charge in [0.25, 0.3) is 0 Å². The first-order valence-corrected chi connectivity index (χ1v) is 12.8. The number of halogens is 3. The van der Waals surface area contributed by atoms with Gasteiger partial charge in [0.2, 0.25) is 5.95 Å². The molecule has 1 aliphatic heterocycles. The number of rotatable bonds is 4. The lowest BCUT2D eigenvalue weighted by molar-refractivity contribution is -0.137. The highest BCUT2D eigenvalue weighted by atomic mass is 19.4. The molecule has 0 bridgehead atoms. The molecule has 1 aromatic carbocycles. The summed E-state index contributed by atoms with van der Waals surface area (Å²) in [6, 6.07) is 7.68. The molecule has 0 radical (unpaired) electrons. The van der Waals surface area contributed by atoms with Gasteiger partial charge in [0.1, 0.15) is 11.5 Å². The van der Waals surface area contributed by atoms with Crippen LogP contribution in [0.15, 0.2) is 53.3 Å². The molecule has 0 unspecified atom stereocenters. The lowest BCUT2D eigenvalue weighted by Crippen LogP contribution is -2.43. The van der Waals surface area contributed by atoms with Gasteiger partial charge in [0, 0.05) is 36.3 Å². The van der Waals surface area contributed by atoms with Crippen LogP contribution in [0.2, 0.25) is 0 Å². The largest absolute Gasteiger partial charge is 0.417 e. The molecule has 9 heteroatoms. The lowest BCUT2D eigenvalue weighted by Gasteiger charge is -2.46. The molecule has 0 amide bonds. The van der Waals surface area contributed by atoms with Gasteiger partial charge in [-0.25, -0.2) is 9.50 Å². The highest BCUT2D eigenvalue weighted by Gasteiger charge is 2.45. The number of nitrogens with zero attached hydrogens (tertiary/aromatic N) is 5. The van der Waals surface area contributed by atoms with E-state index in [1.807, 2.05) is 29.9 Å². The fourth-order valence-electron chi connectivity index (χ4n) is 5.87. The Bertz CT molecular complexity index is 1540. The molecule has 1 spiro atoms. The summed E-state index contributed by atoms with van der Waals surface area (Å²) in [5.74, 6) is 1.72. The van der Waals surface area contributed by atoms with Crippen molar-refractivity contribution in [1.82, 2.24) is 19.8 Å². The molecule has 0 N–H and O–H groups in total. The summed E-state index contributed by atoms with van der Waals surface area (Å²) in [5.41, 5.74) is 3.76. The number of benzene rings is 1. The minimum absolute atomic E-state index is 0.0406. The van der Waals surface area contributed by atoms with Crippen LogP contribution >= 0.6 is 0 Å². The second-order valence-corrected chi connectivity index (χ2v) is 10.7. The molecule has 1 saturated carbocycles. The van der Waals surface area contributed by atoms with E-state index in [4.69, 9.17) is 4.52 Å². The average molecular weight is 506 g/mol. The van der Waals surface area contributed by atoms with Crippen molar-refractivity contribution >= 4 is 17.0 Å². The maximum Gasteiger partial charge on any atom is 0.417 e. The van der Waals surface area contributed by atoms with E-state index in [0.29, 0.717) is 5.69 Å². The van der Waals surface area contributed by atoms with E-state index < -0.39 is 11.7 Å². The van der Waals surface area contributed by atoms with Gasteiger partial charge in [-0.2, -0.15) is 13.2 Å². The monoisotopic (exact) mass is 505 g/mol. The highest BCUT2D eigenvalue weighted by molar-refractivity contribution is 5.85. The van der Waals surface area contributed by atoms with Crippen LogP contribution < -0.4 is 4.90 Å². The summed E-state index contributed by atoms with van der Waals surface area (Å²) >= 11 is 0. The minimum Gasteiger partial charge on any atom is -0.360 e. The van der Waals surface area contributed by atoms with Gasteiger partial charge in [-0.3, -0.25) is 0 Å². The predicted octanol–water partition coefficient (Wildman–Crippen LogP) is 6.66. The third-order valence-corrected chi connectivity index (χ3v) is 8.16. The summed E-state index contributed by atoms with van der Waals surface area (Å²) in [4.78, 5) is 6.80. The Hall–Kier alpha value is -3.62. The van der Waals surface area contributed by atoms with E-state index >= 15 is 0 Å². The number of hydrogen-bond donors (Lipinski definition) is 0. The van der Waals surface area contributed by atoms with Gasteiger partial charge < -0.3 is 9.42 Å². The molecular weight excluding hydrogens is 479 g/mol. The van der Waals surface area contributed by atoms with Gasteiger partial charge in [-0.15, -0.1) is 5.10 Å². The molecular formula is C28H26F3N5O. The first kappa shape index (κ1) is 22.6. The van der Waals surface area contributed by atoms with Crippen LogP contribution in [0, 0.1) is 12.3 Å². The number of allylic oxidation sites excluding steroid dienone is 2. The van der Waals surface area contributed by atoms with E-state index in [1.54, 1.807) is 6.07 Å². The molecule has 37 heavy (non-hydrogen) atoms. The maximum absolute atomic E-state index is 13.8. The van der Waals surface area contributed by atoms with Crippen LogP contribution in [0.4, 0.5) is 19.1 Å². The molecule has 1 saturated heterocycles. The van der Waals surface area contributed by atoms with Crippen molar-refractivity contribution in [2.75, 3.05) is 18.0 Å². The molecule has 2 aliphatic carbocycles. The number of alkyl halides is 3. The normalized spacial score (nSPS) is 19.4. The Labute approximate surface area is 211 Å². The van der Waals surface area contributed by atoms with Crippen molar-refractivity contribution in [3.63, 3.8) is 0 Å². The van der Waals surface area contributed by atoms with Crippen LogP contribution in [0.1, 0.15) is 60.5 Å². The fraction of sp³-hybridized carbons (Fsp3) is 0.393. The van der Waals surface area contributed by atoms with Crippen LogP contribution in [-0.4, -0.2) is 32.8 Å². The molecule has 4 aromatic rings. The van der Waals surface area contributed by atoms with Crippen molar-refractivity contribution in [2.24, 2.45) is 5.41 Å². The van der Waals surface area contributed by atoms with E-state index in [1.165, 1.54) is 12.1 Å². The van der Waals surface area contributed by atoms with Gasteiger partial charge in [-0.05, 0) is 67.7 Å². The Morgan fingerprint density at radius 1 is 1.08 bits per heavy atom. The van der Waals surface area contributed by atoms with Crippen molar-refractivity contribution in [2.45, 2.75) is 51.1 Å². The van der Waals surface area contributed by atoms with Crippen molar-refractivity contribution < 1.29 is 17.7 Å². The quantitative estimate of drug-likeness (QED) is 0.310. The smallest absolute Gasteiger partial charge is 0.360 e. The predicted molar refractivity (Wildman–Crippen MR) is 133 cm³/mol. The third-order valence-electron chi connectivity index (χ3n) is 8.16. The van der Waals surface area contributed by atoms with Gasteiger partial charge in [0.05, 0.1) is 17.3 Å². The van der Waals surface area contributed by atoms with E-state index in [-0.39, 0.29) is 16.9 Å².